The molecule has 0 spiro atoms. The summed E-state index contributed by atoms with van der Waals surface area (Å²) in [5, 5.41) is 12.6. The van der Waals surface area contributed by atoms with Crippen LogP contribution in [-0.4, -0.2) is 11.1 Å². The van der Waals surface area contributed by atoms with Crippen LogP contribution in [0.4, 0.5) is 0 Å². The fraction of sp³-hybridized carbons (Fsp3) is 0.0556. The summed E-state index contributed by atoms with van der Waals surface area (Å²) >= 11 is 11.8. The van der Waals surface area contributed by atoms with Crippen molar-refractivity contribution < 1.29 is 14.6 Å². The smallest absolute Gasteiger partial charge is 0.342 e. The molecule has 5 heteroatoms. The molecular weight excluding hydrogens is 335 g/mol. The molecule has 0 saturated heterocycles. The van der Waals surface area contributed by atoms with Crippen molar-refractivity contribution in [2.24, 2.45) is 0 Å². The maximum absolute atomic E-state index is 12.2. The molecular formula is C18H12Cl2O3. The lowest BCUT2D eigenvalue weighted by molar-refractivity contribution is 0.0469. The number of carbonyl (C=O) groups is 1. The zero-order valence-electron chi connectivity index (χ0n) is 11.9. The van der Waals surface area contributed by atoms with Gasteiger partial charge in [-0.2, -0.15) is 0 Å². The van der Waals surface area contributed by atoms with Crippen LogP contribution in [0.25, 0.3) is 10.8 Å². The molecule has 0 fully saturated rings. The van der Waals surface area contributed by atoms with Gasteiger partial charge in [-0.25, -0.2) is 4.79 Å². The molecule has 0 amide bonds. The highest BCUT2D eigenvalue weighted by atomic mass is 35.5. The Kier molecular flexibility index (Phi) is 4.42. The highest BCUT2D eigenvalue weighted by Crippen LogP contribution is 2.26. The van der Waals surface area contributed by atoms with E-state index >= 15 is 0 Å². The number of ether oxygens (including phenoxy) is 1. The number of esters is 1. The van der Waals surface area contributed by atoms with Crippen molar-refractivity contribution in [3.8, 4) is 5.75 Å². The minimum Gasteiger partial charge on any atom is -0.507 e. The Morgan fingerprint density at radius 2 is 1.65 bits per heavy atom. The maximum atomic E-state index is 12.2. The number of benzene rings is 3. The summed E-state index contributed by atoms with van der Waals surface area (Å²) in [5.74, 6) is -0.706. The first-order valence-corrected chi connectivity index (χ1v) is 7.63. The Bertz CT molecular complexity index is 891. The molecule has 0 saturated carbocycles. The summed E-state index contributed by atoms with van der Waals surface area (Å²) in [6.07, 6.45) is 0. The Hall–Kier alpha value is -2.23. The summed E-state index contributed by atoms with van der Waals surface area (Å²) < 4.78 is 5.24. The number of halogens is 2. The van der Waals surface area contributed by atoms with Gasteiger partial charge in [0.25, 0.3) is 0 Å². The van der Waals surface area contributed by atoms with E-state index in [1.807, 2.05) is 24.3 Å². The first-order chi connectivity index (χ1) is 11.0. The number of hydrogen-bond acceptors (Lipinski definition) is 3. The second-order valence-electron chi connectivity index (χ2n) is 5.04. The van der Waals surface area contributed by atoms with Crippen molar-refractivity contribution in [1.82, 2.24) is 0 Å². The fourth-order valence-corrected chi connectivity index (χ4v) is 2.57. The molecule has 0 aliphatic rings. The van der Waals surface area contributed by atoms with Gasteiger partial charge < -0.3 is 9.84 Å². The molecule has 116 valence electrons. The van der Waals surface area contributed by atoms with Crippen LogP contribution in [0, 0.1) is 0 Å². The van der Waals surface area contributed by atoms with Crippen molar-refractivity contribution >= 4 is 39.9 Å². The van der Waals surface area contributed by atoms with E-state index in [1.54, 1.807) is 30.3 Å². The van der Waals surface area contributed by atoms with E-state index in [9.17, 15) is 9.90 Å². The molecule has 1 N–H and O–H groups in total. The van der Waals surface area contributed by atoms with Crippen LogP contribution in [-0.2, 0) is 11.3 Å². The van der Waals surface area contributed by atoms with Gasteiger partial charge in [0.05, 0.1) is 10.0 Å². The number of carbonyl (C=O) groups excluding carboxylic acids is 1. The van der Waals surface area contributed by atoms with Crippen LogP contribution < -0.4 is 0 Å². The summed E-state index contributed by atoms with van der Waals surface area (Å²) in [7, 11) is 0. The van der Waals surface area contributed by atoms with E-state index in [4.69, 9.17) is 27.9 Å². The summed E-state index contributed by atoms with van der Waals surface area (Å²) in [5.41, 5.74) is 0.844. The quantitative estimate of drug-likeness (QED) is 0.662. The lowest BCUT2D eigenvalue weighted by Crippen LogP contribution is -2.05. The molecule has 0 aliphatic heterocycles. The molecule has 3 nitrogen and oxygen atoms in total. The van der Waals surface area contributed by atoms with Gasteiger partial charge in [0.2, 0.25) is 0 Å². The lowest BCUT2D eigenvalue weighted by atomic mass is 10.1. The molecule has 0 radical (unpaired) electrons. The SMILES string of the molecule is O=C(OCc1ccc(Cl)c(Cl)c1)c1cc2ccccc2cc1O. The van der Waals surface area contributed by atoms with Crippen LogP contribution in [0.2, 0.25) is 10.0 Å². The number of phenols is 1. The van der Waals surface area contributed by atoms with E-state index in [1.165, 1.54) is 0 Å². The first-order valence-electron chi connectivity index (χ1n) is 6.87. The van der Waals surface area contributed by atoms with Gasteiger partial charge in [0.1, 0.15) is 17.9 Å². The lowest BCUT2D eigenvalue weighted by Gasteiger charge is -2.08. The van der Waals surface area contributed by atoms with Crippen LogP contribution in [0.5, 0.6) is 5.75 Å². The van der Waals surface area contributed by atoms with Crippen LogP contribution in [0.15, 0.2) is 54.6 Å². The average molecular weight is 347 g/mol. The number of phenolic OH excluding ortho intramolecular Hbond substituents is 1. The third-order valence-electron chi connectivity index (χ3n) is 3.44. The summed E-state index contributed by atoms with van der Waals surface area (Å²) in [4.78, 5) is 12.2. The van der Waals surface area contributed by atoms with Gasteiger partial charge in [-0.15, -0.1) is 0 Å². The normalized spacial score (nSPS) is 10.7. The zero-order chi connectivity index (χ0) is 16.4. The number of aromatic hydroxyl groups is 1. The number of hydrogen-bond donors (Lipinski definition) is 1. The van der Waals surface area contributed by atoms with E-state index in [0.717, 1.165) is 10.8 Å². The van der Waals surface area contributed by atoms with Gasteiger partial charge >= 0.3 is 5.97 Å². The van der Waals surface area contributed by atoms with Gasteiger partial charge in [0.15, 0.2) is 0 Å². The van der Waals surface area contributed by atoms with Gasteiger partial charge in [0, 0.05) is 0 Å². The highest BCUT2D eigenvalue weighted by molar-refractivity contribution is 6.42. The van der Waals surface area contributed by atoms with Crippen molar-refractivity contribution in [1.29, 1.82) is 0 Å². The number of rotatable bonds is 3. The van der Waals surface area contributed by atoms with Crippen LogP contribution >= 0.6 is 23.2 Å². The van der Waals surface area contributed by atoms with Crippen LogP contribution in [0.1, 0.15) is 15.9 Å². The maximum Gasteiger partial charge on any atom is 0.342 e. The molecule has 3 aromatic rings. The molecule has 0 bridgehead atoms. The van der Waals surface area contributed by atoms with Crippen molar-refractivity contribution in [2.75, 3.05) is 0 Å². The predicted molar refractivity (Wildman–Crippen MR) is 91.2 cm³/mol. The largest absolute Gasteiger partial charge is 0.507 e. The Morgan fingerprint density at radius 1 is 0.957 bits per heavy atom. The molecule has 0 atom stereocenters. The van der Waals surface area contributed by atoms with Crippen molar-refractivity contribution in [2.45, 2.75) is 6.61 Å². The second kappa shape index (κ2) is 6.49. The van der Waals surface area contributed by atoms with Gasteiger partial charge in [-0.3, -0.25) is 0 Å². The second-order valence-corrected chi connectivity index (χ2v) is 5.86. The average Bonchev–Trinajstić information content (AvgIpc) is 2.55. The highest BCUT2D eigenvalue weighted by Gasteiger charge is 2.14. The minimum absolute atomic E-state index is 0.0436. The first kappa shape index (κ1) is 15.7. The summed E-state index contributed by atoms with van der Waals surface area (Å²) in [6, 6.07) is 15.6. The van der Waals surface area contributed by atoms with E-state index in [-0.39, 0.29) is 17.9 Å². The third-order valence-corrected chi connectivity index (χ3v) is 4.18. The predicted octanol–water partition coefficient (Wildman–Crippen LogP) is 5.21. The Morgan fingerprint density at radius 3 is 2.35 bits per heavy atom. The molecule has 0 aliphatic carbocycles. The molecule has 23 heavy (non-hydrogen) atoms. The molecule has 0 unspecified atom stereocenters. The van der Waals surface area contributed by atoms with Gasteiger partial charge in [-0.1, -0.05) is 53.5 Å². The standard InChI is InChI=1S/C18H12Cl2O3/c19-15-6-5-11(7-16(15)20)10-23-18(22)14-8-12-3-1-2-4-13(12)9-17(14)21/h1-9,21H,10H2. The van der Waals surface area contributed by atoms with Crippen LogP contribution in [0.3, 0.4) is 0 Å². The van der Waals surface area contributed by atoms with E-state index < -0.39 is 5.97 Å². The topological polar surface area (TPSA) is 46.5 Å². The van der Waals surface area contributed by atoms with Crippen molar-refractivity contribution in [3.05, 3.63) is 75.8 Å². The number of fused-ring (bicyclic) bond motifs is 1. The third kappa shape index (κ3) is 3.41. The Balaban J connectivity index is 1.80. The molecule has 0 aromatic heterocycles. The molecule has 3 rings (SSSR count). The molecule has 0 heterocycles. The Labute approximate surface area is 143 Å². The van der Waals surface area contributed by atoms with Crippen molar-refractivity contribution in [3.63, 3.8) is 0 Å². The minimum atomic E-state index is -0.598. The van der Waals surface area contributed by atoms with E-state index in [0.29, 0.717) is 15.6 Å². The summed E-state index contributed by atoms with van der Waals surface area (Å²) in [6.45, 7) is 0.0436. The van der Waals surface area contributed by atoms with Gasteiger partial charge in [-0.05, 0) is 40.6 Å². The zero-order valence-corrected chi connectivity index (χ0v) is 13.4. The molecule has 3 aromatic carbocycles. The fourth-order valence-electron chi connectivity index (χ4n) is 2.25. The monoisotopic (exact) mass is 346 g/mol. The van der Waals surface area contributed by atoms with E-state index in [2.05, 4.69) is 0 Å².